The molecule has 1 aliphatic rings. The fourth-order valence-electron chi connectivity index (χ4n) is 2.57. The summed E-state index contributed by atoms with van der Waals surface area (Å²) in [6.07, 6.45) is 0.975. The first-order chi connectivity index (χ1) is 11.0. The van der Waals surface area contributed by atoms with Crippen LogP contribution in [0.15, 0.2) is 24.3 Å². The van der Waals surface area contributed by atoms with Gasteiger partial charge >= 0.3 is 0 Å². The number of carbonyl (C=O) groups is 2. The monoisotopic (exact) mass is 330 g/mol. The maximum atomic E-state index is 12.6. The summed E-state index contributed by atoms with van der Waals surface area (Å²) in [6.45, 7) is 4.22. The highest BCUT2D eigenvalue weighted by Crippen LogP contribution is 2.33. The SMILES string of the molecule is CC(C)Cc1nnc(NC(=O)[C@@H]2CC(=O)Nc3ccccc32)s1. The lowest BCUT2D eigenvalue weighted by molar-refractivity contribution is -0.123. The van der Waals surface area contributed by atoms with Gasteiger partial charge in [0.15, 0.2) is 0 Å². The third kappa shape index (κ3) is 3.56. The van der Waals surface area contributed by atoms with Gasteiger partial charge in [-0.3, -0.25) is 14.9 Å². The van der Waals surface area contributed by atoms with Gasteiger partial charge < -0.3 is 5.32 Å². The van der Waals surface area contributed by atoms with E-state index in [9.17, 15) is 9.59 Å². The van der Waals surface area contributed by atoms with Crippen LogP contribution in [0.25, 0.3) is 0 Å². The fourth-order valence-corrected chi connectivity index (χ4v) is 3.53. The van der Waals surface area contributed by atoms with E-state index in [1.54, 1.807) is 6.07 Å². The Morgan fingerprint density at radius 3 is 2.96 bits per heavy atom. The molecule has 6 nitrogen and oxygen atoms in total. The van der Waals surface area contributed by atoms with Crippen molar-refractivity contribution in [3.05, 3.63) is 34.8 Å². The molecule has 0 spiro atoms. The van der Waals surface area contributed by atoms with Crippen LogP contribution in [0.5, 0.6) is 0 Å². The van der Waals surface area contributed by atoms with E-state index >= 15 is 0 Å². The number of para-hydroxylation sites is 1. The molecule has 0 aliphatic carbocycles. The second-order valence-corrected chi connectivity index (χ2v) is 7.04. The summed E-state index contributed by atoms with van der Waals surface area (Å²) in [5.41, 5.74) is 1.53. The standard InChI is InChI=1S/C16H18N4O2S/c1-9(2)7-14-19-20-16(23-14)18-15(22)11-8-13(21)17-12-6-4-3-5-10(11)12/h3-6,9,11H,7-8H2,1-2H3,(H,17,21)(H,18,20,22)/t11-/m1/s1. The quantitative estimate of drug-likeness (QED) is 0.903. The molecule has 2 aromatic rings. The Hall–Kier alpha value is -2.28. The minimum atomic E-state index is -0.502. The summed E-state index contributed by atoms with van der Waals surface area (Å²) < 4.78 is 0. The first kappa shape index (κ1) is 15.6. The normalized spacial score (nSPS) is 16.8. The second kappa shape index (κ2) is 6.45. The van der Waals surface area contributed by atoms with Crippen molar-refractivity contribution in [3.63, 3.8) is 0 Å². The number of fused-ring (bicyclic) bond motifs is 1. The van der Waals surface area contributed by atoms with Crippen molar-refractivity contribution in [3.8, 4) is 0 Å². The van der Waals surface area contributed by atoms with Crippen LogP contribution in [0.2, 0.25) is 0 Å². The number of aromatic nitrogens is 2. The molecule has 1 aromatic heterocycles. The third-order valence-corrected chi connectivity index (χ3v) is 4.46. The van der Waals surface area contributed by atoms with Gasteiger partial charge in [-0.1, -0.05) is 43.4 Å². The van der Waals surface area contributed by atoms with Gasteiger partial charge in [0.1, 0.15) is 5.01 Å². The van der Waals surface area contributed by atoms with Crippen molar-refractivity contribution < 1.29 is 9.59 Å². The molecule has 7 heteroatoms. The zero-order valence-electron chi connectivity index (χ0n) is 13.0. The lowest BCUT2D eigenvalue weighted by Gasteiger charge is -2.24. The van der Waals surface area contributed by atoms with Crippen LogP contribution in [-0.2, 0) is 16.0 Å². The lowest BCUT2D eigenvalue weighted by Crippen LogP contribution is -2.30. The molecule has 0 saturated heterocycles. The first-order valence-electron chi connectivity index (χ1n) is 7.55. The molecular weight excluding hydrogens is 312 g/mol. The lowest BCUT2D eigenvalue weighted by atomic mass is 9.90. The van der Waals surface area contributed by atoms with Gasteiger partial charge in [0.2, 0.25) is 16.9 Å². The van der Waals surface area contributed by atoms with Crippen molar-refractivity contribution in [2.75, 3.05) is 10.6 Å². The van der Waals surface area contributed by atoms with Crippen LogP contribution in [0.1, 0.15) is 36.8 Å². The number of hydrogen-bond acceptors (Lipinski definition) is 5. The van der Waals surface area contributed by atoms with E-state index in [-0.39, 0.29) is 18.2 Å². The molecule has 2 amide bonds. The van der Waals surface area contributed by atoms with Crippen molar-refractivity contribution in [1.29, 1.82) is 0 Å². The molecule has 0 unspecified atom stereocenters. The summed E-state index contributed by atoms with van der Waals surface area (Å²) in [5, 5.41) is 15.1. The molecule has 120 valence electrons. The van der Waals surface area contributed by atoms with Crippen molar-refractivity contribution in [2.45, 2.75) is 32.6 Å². The predicted octanol–water partition coefficient (Wildman–Crippen LogP) is 2.80. The number of amides is 2. The number of nitrogens with zero attached hydrogens (tertiary/aromatic N) is 2. The molecule has 0 bridgehead atoms. The molecule has 1 aliphatic heterocycles. The van der Waals surface area contributed by atoms with Gasteiger partial charge in [-0.25, -0.2) is 0 Å². The number of benzene rings is 1. The predicted molar refractivity (Wildman–Crippen MR) is 89.5 cm³/mol. The van der Waals surface area contributed by atoms with Gasteiger partial charge in [-0.15, -0.1) is 10.2 Å². The summed E-state index contributed by atoms with van der Waals surface area (Å²) in [5.74, 6) is -0.390. The Balaban J connectivity index is 1.76. The largest absolute Gasteiger partial charge is 0.326 e. The fraction of sp³-hybridized carbons (Fsp3) is 0.375. The van der Waals surface area contributed by atoms with Crippen LogP contribution in [-0.4, -0.2) is 22.0 Å². The zero-order valence-corrected chi connectivity index (χ0v) is 13.8. The highest BCUT2D eigenvalue weighted by Gasteiger charge is 2.30. The Morgan fingerprint density at radius 2 is 2.17 bits per heavy atom. The molecule has 0 radical (unpaired) electrons. The van der Waals surface area contributed by atoms with E-state index < -0.39 is 5.92 Å². The molecule has 2 N–H and O–H groups in total. The molecule has 23 heavy (non-hydrogen) atoms. The number of rotatable bonds is 4. The number of hydrogen-bond donors (Lipinski definition) is 2. The van der Waals surface area contributed by atoms with Crippen LogP contribution in [0, 0.1) is 5.92 Å². The molecule has 1 atom stereocenters. The van der Waals surface area contributed by atoms with Gasteiger partial charge in [0.25, 0.3) is 0 Å². The minimum Gasteiger partial charge on any atom is -0.326 e. The summed E-state index contributed by atoms with van der Waals surface area (Å²) in [6, 6.07) is 7.37. The average molecular weight is 330 g/mol. The van der Waals surface area contributed by atoms with Crippen molar-refractivity contribution in [1.82, 2.24) is 10.2 Å². The molecule has 0 fully saturated rings. The maximum absolute atomic E-state index is 12.6. The highest BCUT2D eigenvalue weighted by molar-refractivity contribution is 7.15. The van der Waals surface area contributed by atoms with E-state index in [4.69, 9.17) is 0 Å². The topological polar surface area (TPSA) is 84.0 Å². The minimum absolute atomic E-state index is 0.139. The first-order valence-corrected chi connectivity index (χ1v) is 8.36. The summed E-state index contributed by atoms with van der Waals surface area (Å²) in [7, 11) is 0. The molecule has 1 aromatic carbocycles. The summed E-state index contributed by atoms with van der Waals surface area (Å²) in [4.78, 5) is 24.4. The Bertz CT molecular complexity index is 741. The van der Waals surface area contributed by atoms with Crippen molar-refractivity contribution in [2.24, 2.45) is 5.92 Å². The maximum Gasteiger partial charge on any atom is 0.234 e. The number of nitrogens with one attached hydrogen (secondary N) is 2. The van der Waals surface area contributed by atoms with Crippen LogP contribution in [0.3, 0.4) is 0 Å². The zero-order chi connectivity index (χ0) is 16.4. The highest BCUT2D eigenvalue weighted by atomic mass is 32.1. The molecule has 3 rings (SSSR count). The Morgan fingerprint density at radius 1 is 1.39 bits per heavy atom. The van der Waals surface area contributed by atoms with E-state index in [2.05, 4.69) is 34.7 Å². The average Bonchev–Trinajstić information content (AvgIpc) is 2.92. The summed E-state index contributed by atoms with van der Waals surface area (Å²) >= 11 is 1.38. The third-order valence-electron chi connectivity index (χ3n) is 3.60. The second-order valence-electron chi connectivity index (χ2n) is 5.98. The van der Waals surface area contributed by atoms with Crippen LogP contribution < -0.4 is 10.6 Å². The number of carbonyl (C=O) groups excluding carboxylic acids is 2. The Labute approximate surface area is 138 Å². The smallest absolute Gasteiger partial charge is 0.234 e. The van der Waals surface area contributed by atoms with Gasteiger partial charge in [0.05, 0.1) is 5.92 Å². The van der Waals surface area contributed by atoms with Crippen LogP contribution >= 0.6 is 11.3 Å². The number of anilines is 2. The molecular formula is C16H18N4O2S. The van der Waals surface area contributed by atoms with Gasteiger partial charge in [0, 0.05) is 18.5 Å². The van der Waals surface area contributed by atoms with Gasteiger partial charge in [-0.05, 0) is 17.5 Å². The van der Waals surface area contributed by atoms with Crippen molar-refractivity contribution >= 4 is 34.0 Å². The molecule has 2 heterocycles. The molecule has 0 saturated carbocycles. The Kier molecular flexibility index (Phi) is 4.38. The van der Waals surface area contributed by atoms with Gasteiger partial charge in [-0.2, -0.15) is 0 Å². The van der Waals surface area contributed by atoms with Crippen LogP contribution in [0.4, 0.5) is 10.8 Å². The van der Waals surface area contributed by atoms with E-state index in [1.807, 2.05) is 18.2 Å². The van der Waals surface area contributed by atoms with E-state index in [0.29, 0.717) is 16.7 Å². The van der Waals surface area contributed by atoms with E-state index in [1.165, 1.54) is 11.3 Å². The van der Waals surface area contributed by atoms with E-state index in [0.717, 1.165) is 17.0 Å².